The second kappa shape index (κ2) is 14.0. The number of hydrogen-bond donors (Lipinski definition) is 1. The molecule has 1 unspecified atom stereocenters. The van der Waals surface area contributed by atoms with Crippen LogP contribution in [0.4, 0.5) is 0 Å². The summed E-state index contributed by atoms with van der Waals surface area (Å²) in [6, 6.07) is 25.8. The second-order valence-electron chi connectivity index (χ2n) is 11.4. The maximum absolute atomic E-state index is 13.3. The van der Waals surface area contributed by atoms with E-state index in [2.05, 4.69) is 29.3 Å². The lowest BCUT2D eigenvalue weighted by atomic mass is 9.76. The summed E-state index contributed by atoms with van der Waals surface area (Å²) in [5.74, 6) is -0.184. The molecule has 212 valence electrons. The Morgan fingerprint density at radius 1 is 1.00 bits per heavy atom. The number of nitrogens with zero attached hydrogens (tertiary/aromatic N) is 1. The Morgan fingerprint density at radius 3 is 2.40 bits per heavy atom. The third-order valence-electron chi connectivity index (χ3n) is 7.81. The summed E-state index contributed by atoms with van der Waals surface area (Å²) in [7, 11) is 0. The molecule has 4 rings (SSSR count). The maximum atomic E-state index is 13.3. The quantitative estimate of drug-likeness (QED) is 0.250. The van der Waals surface area contributed by atoms with Gasteiger partial charge in [-0.25, -0.2) is 0 Å². The molecule has 1 aliphatic rings. The first-order valence-electron chi connectivity index (χ1n) is 14.4. The molecule has 0 saturated carbocycles. The molecule has 5 nitrogen and oxygen atoms in total. The molecule has 0 spiro atoms. The lowest BCUT2D eigenvalue weighted by Gasteiger charge is -2.34. The number of likely N-dealkylation sites (tertiary alicyclic amines) is 1. The van der Waals surface area contributed by atoms with Crippen LogP contribution in [0.1, 0.15) is 68.8 Å². The highest BCUT2D eigenvalue weighted by atomic mass is 35.5. The average Bonchev–Trinajstić information content (AvgIpc) is 2.94. The van der Waals surface area contributed by atoms with Crippen molar-refractivity contribution in [3.05, 3.63) is 95.0 Å². The maximum Gasteiger partial charge on any atom is 0.306 e. The Balaban J connectivity index is 1.29. The molecule has 1 fully saturated rings. The summed E-state index contributed by atoms with van der Waals surface area (Å²) in [5.41, 5.74) is 3.40. The normalized spacial score (nSPS) is 15.9. The highest BCUT2D eigenvalue weighted by Crippen LogP contribution is 2.33. The van der Waals surface area contributed by atoms with Gasteiger partial charge in [0.05, 0.1) is 12.5 Å². The highest BCUT2D eigenvalue weighted by Gasteiger charge is 2.31. The summed E-state index contributed by atoms with van der Waals surface area (Å²) in [4.78, 5) is 28.3. The van der Waals surface area contributed by atoms with Crippen LogP contribution in [0.3, 0.4) is 0 Å². The zero-order valence-corrected chi connectivity index (χ0v) is 24.6. The molecule has 1 saturated heterocycles. The first kappa shape index (κ1) is 29.8. The molecular weight excluding hydrogens is 520 g/mol. The summed E-state index contributed by atoms with van der Waals surface area (Å²) in [6.07, 6.45) is 3.99. The van der Waals surface area contributed by atoms with Gasteiger partial charge in [-0.3, -0.25) is 9.59 Å². The van der Waals surface area contributed by atoms with E-state index in [1.165, 1.54) is 5.56 Å². The van der Waals surface area contributed by atoms with E-state index in [4.69, 9.17) is 16.3 Å². The van der Waals surface area contributed by atoms with E-state index in [0.717, 1.165) is 56.4 Å². The van der Waals surface area contributed by atoms with Crippen LogP contribution in [0.15, 0.2) is 78.9 Å². The molecule has 6 heteroatoms. The lowest BCUT2D eigenvalue weighted by Crippen LogP contribution is -2.45. The van der Waals surface area contributed by atoms with Gasteiger partial charge in [-0.15, -0.1) is 0 Å². The molecule has 1 aliphatic heterocycles. The standard InChI is InChI=1S/C34H41ClN2O3/c1-25(2)40-32(38)24-34(3,27-12-5-4-6-13-27)19-10-20-37-21-17-29(18-22-37)36-33(39)31-16-8-7-15-30(31)26-11-9-14-28(35)23-26/h4-9,11-16,23,25,29H,10,17-22,24H2,1-3H3,(H,36,39). The lowest BCUT2D eigenvalue weighted by molar-refractivity contribution is -0.148. The minimum Gasteiger partial charge on any atom is -0.463 e. The van der Waals surface area contributed by atoms with E-state index in [9.17, 15) is 9.59 Å². The van der Waals surface area contributed by atoms with Gasteiger partial charge in [0.15, 0.2) is 0 Å². The van der Waals surface area contributed by atoms with Gasteiger partial charge in [0.2, 0.25) is 0 Å². The molecule has 1 atom stereocenters. The first-order valence-corrected chi connectivity index (χ1v) is 14.7. The van der Waals surface area contributed by atoms with Crippen molar-refractivity contribution in [2.24, 2.45) is 0 Å². The van der Waals surface area contributed by atoms with E-state index >= 15 is 0 Å². The van der Waals surface area contributed by atoms with Crippen molar-refractivity contribution in [1.29, 1.82) is 0 Å². The summed E-state index contributed by atoms with van der Waals surface area (Å²) in [5, 5.41) is 3.92. The van der Waals surface area contributed by atoms with Crippen LogP contribution in [-0.4, -0.2) is 48.6 Å². The molecule has 40 heavy (non-hydrogen) atoms. The van der Waals surface area contributed by atoms with Crippen LogP contribution in [0.25, 0.3) is 11.1 Å². The molecule has 3 aromatic carbocycles. The van der Waals surface area contributed by atoms with E-state index in [1.807, 2.05) is 80.6 Å². The fraction of sp³-hybridized carbons (Fsp3) is 0.412. The average molecular weight is 561 g/mol. The Bertz CT molecular complexity index is 1270. The molecular formula is C34H41ClN2O3. The molecule has 1 heterocycles. The third kappa shape index (κ3) is 8.18. The van der Waals surface area contributed by atoms with Crippen molar-refractivity contribution in [3.63, 3.8) is 0 Å². The topological polar surface area (TPSA) is 58.6 Å². The Morgan fingerprint density at radius 2 is 1.70 bits per heavy atom. The predicted octanol–water partition coefficient (Wildman–Crippen LogP) is 7.28. The Labute approximate surface area is 243 Å². The number of amides is 1. The van der Waals surface area contributed by atoms with Crippen LogP contribution in [0.5, 0.6) is 0 Å². The number of halogens is 1. The number of esters is 1. The van der Waals surface area contributed by atoms with Crippen molar-refractivity contribution >= 4 is 23.5 Å². The van der Waals surface area contributed by atoms with E-state index in [0.29, 0.717) is 17.0 Å². The van der Waals surface area contributed by atoms with Gasteiger partial charge in [0.25, 0.3) is 5.91 Å². The number of benzene rings is 3. The van der Waals surface area contributed by atoms with Gasteiger partial charge in [-0.05, 0) is 81.0 Å². The van der Waals surface area contributed by atoms with Gasteiger partial charge in [-0.2, -0.15) is 0 Å². The first-order chi connectivity index (χ1) is 19.2. The van der Waals surface area contributed by atoms with E-state index in [1.54, 1.807) is 0 Å². The largest absolute Gasteiger partial charge is 0.463 e. The number of carbonyl (C=O) groups excluding carboxylic acids is 2. The molecule has 1 amide bonds. The van der Waals surface area contributed by atoms with Crippen LogP contribution >= 0.6 is 11.6 Å². The fourth-order valence-corrected chi connectivity index (χ4v) is 5.83. The highest BCUT2D eigenvalue weighted by molar-refractivity contribution is 6.30. The fourth-order valence-electron chi connectivity index (χ4n) is 5.64. The monoisotopic (exact) mass is 560 g/mol. The summed E-state index contributed by atoms with van der Waals surface area (Å²) >= 11 is 6.20. The Kier molecular flexibility index (Phi) is 10.4. The molecule has 0 aromatic heterocycles. The zero-order chi connectivity index (χ0) is 28.5. The summed E-state index contributed by atoms with van der Waals surface area (Å²) < 4.78 is 5.49. The van der Waals surface area contributed by atoms with Gasteiger partial charge < -0.3 is 15.0 Å². The van der Waals surface area contributed by atoms with Crippen molar-refractivity contribution in [1.82, 2.24) is 10.2 Å². The number of nitrogens with one attached hydrogen (secondary N) is 1. The Hall–Kier alpha value is -3.15. The van der Waals surface area contributed by atoms with E-state index < -0.39 is 0 Å². The minimum absolute atomic E-state index is 0.0408. The molecule has 3 aromatic rings. The number of rotatable bonds is 11. The molecule has 1 N–H and O–H groups in total. The van der Waals surface area contributed by atoms with Gasteiger partial charge in [0, 0.05) is 35.1 Å². The SMILES string of the molecule is CC(C)OC(=O)CC(C)(CCCN1CCC(NC(=O)c2ccccc2-c2cccc(Cl)c2)CC1)c1ccccc1. The van der Waals surface area contributed by atoms with Crippen molar-refractivity contribution in [2.45, 2.75) is 70.4 Å². The molecule has 0 radical (unpaired) electrons. The predicted molar refractivity (Wildman–Crippen MR) is 163 cm³/mol. The van der Waals surface area contributed by atoms with Crippen LogP contribution in [-0.2, 0) is 14.9 Å². The second-order valence-corrected chi connectivity index (χ2v) is 11.8. The van der Waals surface area contributed by atoms with Crippen molar-refractivity contribution in [3.8, 4) is 11.1 Å². The summed E-state index contributed by atoms with van der Waals surface area (Å²) in [6.45, 7) is 8.81. The number of piperidine rings is 1. The molecule has 0 aliphatic carbocycles. The number of hydrogen-bond acceptors (Lipinski definition) is 4. The van der Waals surface area contributed by atoms with E-state index in [-0.39, 0.29) is 29.4 Å². The number of carbonyl (C=O) groups is 2. The van der Waals surface area contributed by atoms with Crippen molar-refractivity contribution < 1.29 is 14.3 Å². The van der Waals surface area contributed by atoms with Crippen molar-refractivity contribution in [2.75, 3.05) is 19.6 Å². The van der Waals surface area contributed by atoms with Crippen LogP contribution in [0, 0.1) is 0 Å². The minimum atomic E-state index is -0.268. The third-order valence-corrected chi connectivity index (χ3v) is 8.04. The van der Waals surface area contributed by atoms with Gasteiger partial charge in [0.1, 0.15) is 0 Å². The van der Waals surface area contributed by atoms with Crippen LogP contribution in [0.2, 0.25) is 5.02 Å². The smallest absolute Gasteiger partial charge is 0.306 e. The number of ether oxygens (including phenoxy) is 1. The van der Waals surface area contributed by atoms with Gasteiger partial charge >= 0.3 is 5.97 Å². The van der Waals surface area contributed by atoms with Gasteiger partial charge in [-0.1, -0.05) is 79.2 Å². The van der Waals surface area contributed by atoms with Crippen LogP contribution < -0.4 is 5.32 Å². The zero-order valence-electron chi connectivity index (χ0n) is 23.9. The molecule has 0 bridgehead atoms.